The maximum Gasteiger partial charge on any atom is 0.285 e. The number of piperazine rings is 1. The summed E-state index contributed by atoms with van der Waals surface area (Å²) in [6, 6.07) is 4.52. The van der Waals surface area contributed by atoms with E-state index in [0.717, 1.165) is 11.1 Å². The first-order chi connectivity index (χ1) is 11.9. The van der Waals surface area contributed by atoms with E-state index in [1.807, 2.05) is 13.8 Å². The standard InChI is InChI=1S/C17H18ClFN4O2/c1-10-5-13(19)4-3-12(10)8-22-7-11(2)23(9-15(22)24)14-6-20-21-17(25)16(14)18/h3-6,11H,7-9H2,1-2H3,(H,21,25)/t11-/m1/s1. The van der Waals surface area contributed by atoms with Crippen LogP contribution in [0.1, 0.15) is 18.1 Å². The molecule has 1 aromatic heterocycles. The number of amides is 1. The van der Waals surface area contributed by atoms with E-state index in [0.29, 0.717) is 18.8 Å². The molecule has 0 radical (unpaired) electrons. The SMILES string of the molecule is Cc1cc(F)ccc1CN1C[C@@H](C)N(c2cn[nH]c(=O)c2Cl)CC1=O. The molecule has 1 aliphatic heterocycles. The number of nitrogens with zero attached hydrogens (tertiary/aromatic N) is 3. The fourth-order valence-corrected chi connectivity index (χ4v) is 3.21. The second-order valence-corrected chi connectivity index (χ2v) is 6.60. The Morgan fingerprint density at radius 2 is 2.16 bits per heavy atom. The van der Waals surface area contributed by atoms with Gasteiger partial charge in [0.15, 0.2) is 0 Å². The fraction of sp³-hybridized carbons (Fsp3) is 0.353. The molecule has 1 aliphatic rings. The molecule has 0 saturated carbocycles. The molecule has 1 amide bonds. The summed E-state index contributed by atoms with van der Waals surface area (Å²) in [5.74, 6) is -0.375. The predicted molar refractivity (Wildman–Crippen MR) is 93.2 cm³/mol. The van der Waals surface area contributed by atoms with Crippen LogP contribution in [0.3, 0.4) is 0 Å². The Labute approximate surface area is 149 Å². The van der Waals surface area contributed by atoms with Gasteiger partial charge in [0.25, 0.3) is 5.56 Å². The van der Waals surface area contributed by atoms with Gasteiger partial charge < -0.3 is 9.80 Å². The topological polar surface area (TPSA) is 69.3 Å². The number of aromatic nitrogens is 2. The summed E-state index contributed by atoms with van der Waals surface area (Å²) in [5.41, 5.74) is 1.68. The number of aryl methyl sites for hydroxylation is 1. The Kier molecular flexibility index (Phi) is 4.76. The summed E-state index contributed by atoms with van der Waals surface area (Å²) in [4.78, 5) is 27.7. The van der Waals surface area contributed by atoms with Crippen LogP contribution in [0.4, 0.5) is 10.1 Å². The highest BCUT2D eigenvalue weighted by Gasteiger charge is 2.31. The summed E-state index contributed by atoms with van der Waals surface area (Å²) >= 11 is 6.06. The van der Waals surface area contributed by atoms with Crippen LogP contribution in [0, 0.1) is 12.7 Å². The summed E-state index contributed by atoms with van der Waals surface area (Å²) < 4.78 is 13.2. The minimum atomic E-state index is -0.483. The maximum atomic E-state index is 13.2. The first-order valence-corrected chi connectivity index (χ1v) is 8.27. The molecule has 0 bridgehead atoms. The first-order valence-electron chi connectivity index (χ1n) is 7.89. The van der Waals surface area contributed by atoms with Crippen LogP contribution in [-0.4, -0.2) is 40.1 Å². The Balaban J connectivity index is 1.79. The smallest absolute Gasteiger partial charge is 0.285 e. The number of carbonyl (C=O) groups is 1. The van der Waals surface area contributed by atoms with Crippen LogP contribution in [0.2, 0.25) is 5.02 Å². The summed E-state index contributed by atoms with van der Waals surface area (Å²) in [6.45, 7) is 4.77. The molecule has 1 atom stereocenters. The average molecular weight is 365 g/mol. The lowest BCUT2D eigenvalue weighted by molar-refractivity contribution is -0.132. The van der Waals surface area contributed by atoms with Gasteiger partial charge in [-0.1, -0.05) is 17.7 Å². The highest BCUT2D eigenvalue weighted by Crippen LogP contribution is 2.26. The Morgan fingerprint density at radius 1 is 1.40 bits per heavy atom. The van der Waals surface area contributed by atoms with Crippen molar-refractivity contribution < 1.29 is 9.18 Å². The van der Waals surface area contributed by atoms with Gasteiger partial charge in [0.1, 0.15) is 10.8 Å². The third-order valence-electron chi connectivity index (χ3n) is 4.43. The van der Waals surface area contributed by atoms with Crippen molar-refractivity contribution in [2.75, 3.05) is 18.0 Å². The van der Waals surface area contributed by atoms with E-state index < -0.39 is 5.56 Å². The molecule has 1 saturated heterocycles. The molecule has 1 fully saturated rings. The molecule has 2 aromatic rings. The van der Waals surface area contributed by atoms with Crippen molar-refractivity contribution in [2.45, 2.75) is 26.4 Å². The number of rotatable bonds is 3. The third-order valence-corrected chi connectivity index (χ3v) is 4.79. The number of benzene rings is 1. The second kappa shape index (κ2) is 6.84. The van der Waals surface area contributed by atoms with Crippen molar-refractivity contribution in [1.82, 2.24) is 15.1 Å². The van der Waals surface area contributed by atoms with E-state index in [4.69, 9.17) is 11.6 Å². The van der Waals surface area contributed by atoms with E-state index in [-0.39, 0.29) is 29.3 Å². The van der Waals surface area contributed by atoms with Crippen molar-refractivity contribution in [1.29, 1.82) is 0 Å². The molecule has 132 valence electrons. The van der Waals surface area contributed by atoms with Crippen LogP contribution in [-0.2, 0) is 11.3 Å². The molecule has 0 spiro atoms. The second-order valence-electron chi connectivity index (χ2n) is 6.22. The summed E-state index contributed by atoms with van der Waals surface area (Å²) in [6.07, 6.45) is 1.45. The van der Waals surface area contributed by atoms with E-state index >= 15 is 0 Å². The van der Waals surface area contributed by atoms with Crippen molar-refractivity contribution >= 4 is 23.2 Å². The molecule has 2 heterocycles. The predicted octanol–water partition coefficient (Wildman–Crippen LogP) is 2.11. The van der Waals surface area contributed by atoms with E-state index in [2.05, 4.69) is 10.2 Å². The van der Waals surface area contributed by atoms with Crippen LogP contribution < -0.4 is 10.5 Å². The lowest BCUT2D eigenvalue weighted by Gasteiger charge is -2.40. The molecule has 1 N–H and O–H groups in total. The van der Waals surface area contributed by atoms with Gasteiger partial charge in [0, 0.05) is 19.1 Å². The van der Waals surface area contributed by atoms with Crippen molar-refractivity contribution in [3.05, 3.63) is 56.7 Å². The van der Waals surface area contributed by atoms with E-state index in [1.54, 1.807) is 15.9 Å². The average Bonchev–Trinajstić information content (AvgIpc) is 2.56. The fourth-order valence-electron chi connectivity index (χ4n) is 3.01. The molecule has 3 rings (SSSR count). The molecule has 1 aromatic carbocycles. The van der Waals surface area contributed by atoms with Crippen molar-refractivity contribution in [2.24, 2.45) is 0 Å². The molecular weight excluding hydrogens is 347 g/mol. The number of hydrogen-bond donors (Lipinski definition) is 1. The van der Waals surface area contributed by atoms with Gasteiger partial charge in [-0.15, -0.1) is 0 Å². The van der Waals surface area contributed by atoms with Crippen LogP contribution in [0.25, 0.3) is 0 Å². The lowest BCUT2D eigenvalue weighted by atomic mass is 10.1. The number of hydrogen-bond acceptors (Lipinski definition) is 4. The normalized spacial score (nSPS) is 17.9. The van der Waals surface area contributed by atoms with Gasteiger partial charge in [0.05, 0.1) is 18.4 Å². The number of carbonyl (C=O) groups excluding carboxylic acids is 1. The van der Waals surface area contributed by atoms with Gasteiger partial charge in [-0.3, -0.25) is 9.59 Å². The van der Waals surface area contributed by atoms with Crippen molar-refractivity contribution in [3.63, 3.8) is 0 Å². The van der Waals surface area contributed by atoms with Gasteiger partial charge in [0.2, 0.25) is 5.91 Å². The van der Waals surface area contributed by atoms with Crippen LogP contribution >= 0.6 is 11.6 Å². The largest absolute Gasteiger partial charge is 0.355 e. The van der Waals surface area contributed by atoms with Gasteiger partial charge in [-0.2, -0.15) is 5.10 Å². The zero-order valence-electron chi connectivity index (χ0n) is 13.9. The molecule has 8 heteroatoms. The third kappa shape index (κ3) is 3.51. The van der Waals surface area contributed by atoms with Gasteiger partial charge >= 0.3 is 0 Å². The zero-order valence-corrected chi connectivity index (χ0v) is 14.7. The lowest BCUT2D eigenvalue weighted by Crippen LogP contribution is -2.55. The highest BCUT2D eigenvalue weighted by atomic mass is 35.5. The van der Waals surface area contributed by atoms with Crippen LogP contribution in [0.5, 0.6) is 0 Å². The number of halogens is 2. The van der Waals surface area contributed by atoms with Gasteiger partial charge in [-0.05, 0) is 37.1 Å². The molecule has 0 aliphatic carbocycles. The van der Waals surface area contributed by atoms with Gasteiger partial charge in [-0.25, -0.2) is 9.49 Å². The highest BCUT2D eigenvalue weighted by molar-refractivity contribution is 6.33. The minimum Gasteiger partial charge on any atom is -0.355 e. The van der Waals surface area contributed by atoms with Crippen molar-refractivity contribution in [3.8, 4) is 0 Å². The van der Waals surface area contributed by atoms with Crippen LogP contribution in [0.15, 0.2) is 29.2 Å². The first kappa shape index (κ1) is 17.4. The molecular formula is C17H18ClFN4O2. The van der Waals surface area contributed by atoms with E-state index in [1.165, 1.54) is 18.3 Å². The Hall–Kier alpha value is -2.41. The number of H-pyrrole nitrogens is 1. The number of aromatic amines is 1. The summed E-state index contributed by atoms with van der Waals surface area (Å²) in [7, 11) is 0. The zero-order chi connectivity index (χ0) is 18.1. The number of anilines is 1. The molecule has 0 unspecified atom stereocenters. The summed E-state index contributed by atoms with van der Waals surface area (Å²) in [5, 5.41) is 6.05. The van der Waals surface area contributed by atoms with E-state index in [9.17, 15) is 14.0 Å². The molecule has 6 nitrogen and oxygen atoms in total. The molecule has 25 heavy (non-hydrogen) atoms. The monoisotopic (exact) mass is 364 g/mol. The minimum absolute atomic E-state index is 0.0254. The maximum absolute atomic E-state index is 13.2. The Morgan fingerprint density at radius 3 is 2.88 bits per heavy atom. The number of nitrogens with one attached hydrogen (secondary N) is 1. The Bertz CT molecular complexity index is 870. The quantitative estimate of drug-likeness (QED) is 0.905.